The molecule has 2 rings (SSSR count). The zero-order valence-electron chi connectivity index (χ0n) is 10.9. The van der Waals surface area contributed by atoms with E-state index in [4.69, 9.17) is 22.1 Å². The Bertz CT molecular complexity index is 621. The molecule has 0 spiro atoms. The molecule has 2 N–H and O–H groups in total. The Morgan fingerprint density at radius 3 is 2.80 bits per heavy atom. The van der Waals surface area contributed by atoms with Crippen LogP contribution in [0.2, 0.25) is 5.02 Å². The highest BCUT2D eigenvalue weighted by atomic mass is 79.9. The molecule has 0 aliphatic carbocycles. The summed E-state index contributed by atoms with van der Waals surface area (Å²) >= 11 is 9.07. The average molecular weight is 359 g/mol. The number of benzene rings is 2. The van der Waals surface area contributed by atoms with E-state index in [1.807, 2.05) is 24.3 Å². The normalized spacial score (nSPS) is 12.2. The van der Waals surface area contributed by atoms with Gasteiger partial charge in [0.15, 0.2) is 0 Å². The van der Waals surface area contributed by atoms with Gasteiger partial charge in [0.2, 0.25) is 0 Å². The summed E-state index contributed by atoms with van der Waals surface area (Å²) in [6.45, 7) is 0. The molecule has 0 aliphatic rings. The van der Waals surface area contributed by atoms with Gasteiger partial charge in [0.05, 0.1) is 12.1 Å². The minimum absolute atomic E-state index is 0.0589. The van der Waals surface area contributed by atoms with E-state index in [0.717, 1.165) is 11.3 Å². The largest absolute Gasteiger partial charge is 0.497 e. The Labute approximate surface area is 130 Å². The summed E-state index contributed by atoms with van der Waals surface area (Å²) in [5.41, 5.74) is 7.47. The van der Waals surface area contributed by atoms with Crippen molar-refractivity contribution < 1.29 is 9.13 Å². The van der Waals surface area contributed by atoms with Crippen LogP contribution >= 0.6 is 27.5 Å². The fraction of sp³-hybridized carbons (Fsp3) is 0.200. The Balaban J connectivity index is 2.23. The van der Waals surface area contributed by atoms with E-state index in [9.17, 15) is 4.39 Å². The monoisotopic (exact) mass is 357 g/mol. The number of methoxy groups -OCH3 is 1. The molecule has 1 unspecified atom stereocenters. The quantitative estimate of drug-likeness (QED) is 0.817. The number of hydrogen-bond acceptors (Lipinski definition) is 2. The van der Waals surface area contributed by atoms with Crippen LogP contribution in [0.3, 0.4) is 0 Å². The van der Waals surface area contributed by atoms with Crippen molar-refractivity contribution in [1.29, 1.82) is 0 Å². The number of nitrogens with two attached hydrogens (primary N) is 1. The summed E-state index contributed by atoms with van der Waals surface area (Å²) in [6, 6.07) is 10.4. The number of hydrogen-bond donors (Lipinski definition) is 1. The average Bonchev–Trinajstić information content (AvgIpc) is 2.45. The molecular weight excluding hydrogens is 345 g/mol. The molecule has 0 heterocycles. The highest BCUT2D eigenvalue weighted by Crippen LogP contribution is 2.31. The van der Waals surface area contributed by atoms with Gasteiger partial charge in [0.1, 0.15) is 11.6 Å². The molecule has 0 radical (unpaired) electrons. The van der Waals surface area contributed by atoms with Crippen molar-refractivity contribution in [3.8, 4) is 5.75 Å². The van der Waals surface area contributed by atoms with Crippen LogP contribution in [0.15, 0.2) is 40.9 Å². The van der Waals surface area contributed by atoms with Crippen molar-refractivity contribution in [3.05, 3.63) is 62.8 Å². The van der Waals surface area contributed by atoms with Gasteiger partial charge in [0.25, 0.3) is 0 Å². The number of ether oxygens (including phenoxy) is 1. The first kappa shape index (κ1) is 15.3. The maximum absolute atomic E-state index is 14.1. The second kappa shape index (κ2) is 6.57. The topological polar surface area (TPSA) is 35.2 Å². The molecule has 0 aromatic heterocycles. The van der Waals surface area contributed by atoms with Crippen molar-refractivity contribution in [2.24, 2.45) is 5.73 Å². The Hall–Kier alpha value is -1.10. The van der Waals surface area contributed by atoms with E-state index in [1.165, 1.54) is 0 Å². The lowest BCUT2D eigenvalue weighted by Gasteiger charge is -2.15. The lowest BCUT2D eigenvalue weighted by atomic mass is 9.99. The third kappa shape index (κ3) is 3.32. The lowest BCUT2D eigenvalue weighted by Crippen LogP contribution is -2.15. The van der Waals surface area contributed by atoms with Crippen LogP contribution in [-0.2, 0) is 6.42 Å². The van der Waals surface area contributed by atoms with Crippen LogP contribution in [0.1, 0.15) is 17.2 Å². The van der Waals surface area contributed by atoms with Crippen molar-refractivity contribution in [1.82, 2.24) is 0 Å². The van der Waals surface area contributed by atoms with Gasteiger partial charge in [-0.05, 0) is 46.1 Å². The summed E-state index contributed by atoms with van der Waals surface area (Å²) in [5.74, 6) is 0.278. The van der Waals surface area contributed by atoms with Crippen molar-refractivity contribution >= 4 is 27.5 Å². The third-order valence-corrected chi connectivity index (χ3v) is 4.31. The minimum atomic E-state index is -0.476. The molecule has 0 amide bonds. The standard InChI is InChI=1S/C15H14BrClFNO/c1-20-10-4-2-3-9(7-10)8-13(19)11-5-6-12(16)14(17)15(11)18/h2-7,13H,8,19H2,1H3. The first-order chi connectivity index (χ1) is 9.52. The van der Waals surface area contributed by atoms with Crippen LogP contribution in [-0.4, -0.2) is 7.11 Å². The van der Waals surface area contributed by atoms with Gasteiger partial charge >= 0.3 is 0 Å². The molecule has 0 aliphatic heterocycles. The predicted octanol–water partition coefficient (Wildman–Crippen LogP) is 4.49. The van der Waals surface area contributed by atoms with Crippen LogP contribution < -0.4 is 10.5 Å². The van der Waals surface area contributed by atoms with Crippen LogP contribution in [0.25, 0.3) is 0 Å². The molecule has 2 aromatic carbocycles. The molecule has 0 saturated heterocycles. The molecule has 0 fully saturated rings. The molecule has 2 aromatic rings. The minimum Gasteiger partial charge on any atom is -0.497 e. The smallest absolute Gasteiger partial charge is 0.147 e. The first-order valence-corrected chi connectivity index (χ1v) is 7.22. The Morgan fingerprint density at radius 1 is 1.35 bits per heavy atom. The molecule has 0 saturated carbocycles. The van der Waals surface area contributed by atoms with Gasteiger partial charge in [-0.15, -0.1) is 0 Å². The van der Waals surface area contributed by atoms with Gasteiger partial charge in [-0.2, -0.15) is 0 Å². The number of halogens is 3. The van der Waals surface area contributed by atoms with Crippen molar-refractivity contribution in [2.45, 2.75) is 12.5 Å². The van der Waals surface area contributed by atoms with Gasteiger partial charge < -0.3 is 10.5 Å². The highest BCUT2D eigenvalue weighted by molar-refractivity contribution is 9.10. The first-order valence-electron chi connectivity index (χ1n) is 6.05. The van der Waals surface area contributed by atoms with Crippen molar-refractivity contribution in [3.63, 3.8) is 0 Å². The fourth-order valence-corrected chi connectivity index (χ4v) is 2.47. The van der Waals surface area contributed by atoms with Gasteiger partial charge in [-0.1, -0.05) is 29.8 Å². The predicted molar refractivity (Wildman–Crippen MR) is 82.7 cm³/mol. The lowest BCUT2D eigenvalue weighted by molar-refractivity contribution is 0.414. The van der Waals surface area contributed by atoms with E-state index < -0.39 is 11.9 Å². The summed E-state index contributed by atoms with van der Waals surface area (Å²) in [4.78, 5) is 0. The molecule has 20 heavy (non-hydrogen) atoms. The SMILES string of the molecule is COc1cccc(CC(N)c2ccc(Br)c(Cl)c2F)c1. The van der Waals surface area contributed by atoms with Gasteiger partial charge in [0, 0.05) is 16.1 Å². The third-order valence-electron chi connectivity index (χ3n) is 3.05. The second-order valence-corrected chi connectivity index (χ2v) is 5.66. The summed E-state index contributed by atoms with van der Waals surface area (Å²) in [6.07, 6.45) is 0.506. The maximum Gasteiger partial charge on any atom is 0.147 e. The van der Waals surface area contributed by atoms with E-state index in [1.54, 1.807) is 19.2 Å². The molecule has 1 atom stereocenters. The van der Waals surface area contributed by atoms with Crippen molar-refractivity contribution in [2.75, 3.05) is 7.11 Å². The Morgan fingerprint density at radius 2 is 2.10 bits per heavy atom. The highest BCUT2D eigenvalue weighted by Gasteiger charge is 2.16. The van der Waals surface area contributed by atoms with Crippen LogP contribution in [0.4, 0.5) is 4.39 Å². The molecule has 5 heteroatoms. The summed E-state index contributed by atoms with van der Waals surface area (Å²) < 4.78 is 19.8. The summed E-state index contributed by atoms with van der Waals surface area (Å²) in [5, 5.41) is 0.0589. The number of rotatable bonds is 4. The fourth-order valence-electron chi connectivity index (χ4n) is 1.99. The van der Waals surface area contributed by atoms with Crippen LogP contribution in [0.5, 0.6) is 5.75 Å². The maximum atomic E-state index is 14.1. The Kier molecular flexibility index (Phi) is 5.02. The zero-order valence-corrected chi connectivity index (χ0v) is 13.2. The second-order valence-electron chi connectivity index (χ2n) is 4.43. The van der Waals surface area contributed by atoms with E-state index in [-0.39, 0.29) is 5.02 Å². The molecular formula is C15H14BrClFNO. The van der Waals surface area contributed by atoms with Gasteiger partial charge in [-0.25, -0.2) is 4.39 Å². The van der Waals surface area contributed by atoms with Crippen LogP contribution in [0, 0.1) is 5.82 Å². The van der Waals surface area contributed by atoms with E-state index >= 15 is 0 Å². The molecule has 2 nitrogen and oxygen atoms in total. The van der Waals surface area contributed by atoms with E-state index in [0.29, 0.717) is 16.5 Å². The van der Waals surface area contributed by atoms with Gasteiger partial charge in [-0.3, -0.25) is 0 Å². The molecule has 0 bridgehead atoms. The molecule has 106 valence electrons. The zero-order chi connectivity index (χ0) is 14.7. The summed E-state index contributed by atoms with van der Waals surface area (Å²) in [7, 11) is 1.60. The van der Waals surface area contributed by atoms with E-state index in [2.05, 4.69) is 15.9 Å².